The van der Waals surface area contributed by atoms with Crippen molar-refractivity contribution in [2.75, 3.05) is 0 Å². The lowest BCUT2D eigenvalue weighted by Crippen LogP contribution is -2.37. The summed E-state index contributed by atoms with van der Waals surface area (Å²) >= 11 is 12.1. The predicted molar refractivity (Wildman–Crippen MR) is 86.1 cm³/mol. The molecule has 4 nitrogen and oxygen atoms in total. The average molecular weight is 351 g/mol. The van der Waals surface area contributed by atoms with Crippen LogP contribution in [0.4, 0.5) is 0 Å². The minimum Gasteiger partial charge on any atom is -0.326 e. The van der Waals surface area contributed by atoms with Gasteiger partial charge in [-0.05, 0) is 43.7 Å². The fourth-order valence-electron chi connectivity index (χ4n) is 2.63. The van der Waals surface area contributed by atoms with Crippen molar-refractivity contribution in [3.8, 4) is 0 Å². The van der Waals surface area contributed by atoms with E-state index in [1.165, 1.54) is 12.1 Å². The highest BCUT2D eigenvalue weighted by Gasteiger charge is 2.26. The Balaban J connectivity index is 2.24. The van der Waals surface area contributed by atoms with Gasteiger partial charge in [0.1, 0.15) is 4.90 Å². The summed E-state index contributed by atoms with van der Waals surface area (Å²) in [5.41, 5.74) is 6.04. The molecule has 3 N–H and O–H groups in total. The van der Waals surface area contributed by atoms with Gasteiger partial charge in [-0.3, -0.25) is 0 Å². The summed E-state index contributed by atoms with van der Waals surface area (Å²) < 4.78 is 27.8. The summed E-state index contributed by atoms with van der Waals surface area (Å²) in [7, 11) is -3.65. The molecule has 118 valence electrons. The molecule has 0 bridgehead atoms. The normalized spacial score (nSPS) is 23.2. The van der Waals surface area contributed by atoms with Crippen molar-refractivity contribution in [3.05, 3.63) is 27.7 Å². The van der Waals surface area contributed by atoms with Crippen LogP contribution in [0.5, 0.6) is 0 Å². The van der Waals surface area contributed by atoms with Crippen molar-refractivity contribution < 1.29 is 8.42 Å². The highest BCUT2D eigenvalue weighted by atomic mass is 35.5. The standard InChI is InChI=1S/C14H20Cl2N2O2S/c1-9-2-4-10(5-3-9)18-21(19,20)13-7-6-12(15)11(8-17)14(13)16/h6-7,9-10,18H,2-5,8,17H2,1H3. The second-order valence-corrected chi connectivity index (χ2v) is 8.09. The Labute approximate surface area is 136 Å². The van der Waals surface area contributed by atoms with Crippen molar-refractivity contribution in [1.29, 1.82) is 0 Å². The van der Waals surface area contributed by atoms with Crippen molar-refractivity contribution in [2.24, 2.45) is 11.7 Å². The number of rotatable bonds is 4. The summed E-state index contributed by atoms with van der Waals surface area (Å²) in [6.45, 7) is 2.29. The fraction of sp³-hybridized carbons (Fsp3) is 0.571. The van der Waals surface area contributed by atoms with Crippen LogP contribution in [0.15, 0.2) is 17.0 Å². The summed E-state index contributed by atoms with van der Waals surface area (Å²) in [6.07, 6.45) is 3.79. The molecule has 0 saturated heterocycles. The maximum absolute atomic E-state index is 12.5. The summed E-state index contributed by atoms with van der Waals surface area (Å²) in [4.78, 5) is 0.0487. The molecule has 21 heavy (non-hydrogen) atoms. The van der Waals surface area contributed by atoms with E-state index in [-0.39, 0.29) is 22.5 Å². The number of hydrogen-bond acceptors (Lipinski definition) is 3. The molecule has 0 aromatic heterocycles. The molecule has 0 radical (unpaired) electrons. The molecule has 1 saturated carbocycles. The number of nitrogens with two attached hydrogens (primary N) is 1. The molecular formula is C14H20Cl2N2O2S. The van der Waals surface area contributed by atoms with Crippen LogP contribution in [0.3, 0.4) is 0 Å². The fourth-order valence-corrected chi connectivity index (χ4v) is 4.87. The van der Waals surface area contributed by atoms with E-state index in [1.807, 2.05) is 0 Å². The molecule has 1 aromatic rings. The zero-order valence-corrected chi connectivity index (χ0v) is 14.2. The van der Waals surface area contributed by atoms with Crippen LogP contribution >= 0.6 is 23.2 Å². The van der Waals surface area contributed by atoms with E-state index >= 15 is 0 Å². The highest BCUT2D eigenvalue weighted by molar-refractivity contribution is 7.89. The lowest BCUT2D eigenvalue weighted by atomic mass is 9.88. The van der Waals surface area contributed by atoms with Gasteiger partial charge in [-0.25, -0.2) is 13.1 Å². The third-order valence-corrected chi connectivity index (χ3v) is 6.44. The summed E-state index contributed by atoms with van der Waals surface area (Å²) in [5, 5.41) is 0.495. The first-order valence-electron chi connectivity index (χ1n) is 7.04. The topological polar surface area (TPSA) is 72.2 Å². The Hall–Kier alpha value is -0.330. The highest BCUT2D eigenvalue weighted by Crippen LogP contribution is 2.32. The van der Waals surface area contributed by atoms with Gasteiger partial charge in [0.2, 0.25) is 10.0 Å². The molecule has 1 aliphatic rings. The van der Waals surface area contributed by atoms with E-state index in [0.29, 0.717) is 16.5 Å². The molecule has 0 spiro atoms. The van der Waals surface area contributed by atoms with Gasteiger partial charge >= 0.3 is 0 Å². The SMILES string of the molecule is CC1CCC(NS(=O)(=O)c2ccc(Cl)c(CN)c2Cl)CC1. The Morgan fingerprint density at radius 3 is 2.43 bits per heavy atom. The van der Waals surface area contributed by atoms with E-state index in [4.69, 9.17) is 28.9 Å². The van der Waals surface area contributed by atoms with Crippen LogP contribution in [0.2, 0.25) is 10.0 Å². The Morgan fingerprint density at radius 2 is 1.86 bits per heavy atom. The van der Waals surface area contributed by atoms with Gasteiger partial charge in [-0.1, -0.05) is 30.1 Å². The monoisotopic (exact) mass is 350 g/mol. The summed E-state index contributed by atoms with van der Waals surface area (Å²) in [6, 6.07) is 2.92. The van der Waals surface area contributed by atoms with Gasteiger partial charge in [0.15, 0.2) is 0 Å². The lowest BCUT2D eigenvalue weighted by molar-refractivity contribution is 0.332. The maximum atomic E-state index is 12.5. The molecular weight excluding hydrogens is 331 g/mol. The molecule has 0 unspecified atom stereocenters. The van der Waals surface area contributed by atoms with E-state index in [0.717, 1.165) is 25.7 Å². The minimum absolute atomic E-state index is 0.0285. The Kier molecular flexibility index (Phi) is 5.54. The van der Waals surface area contributed by atoms with Gasteiger partial charge in [0.05, 0.1) is 5.02 Å². The van der Waals surface area contributed by atoms with Crippen molar-refractivity contribution in [3.63, 3.8) is 0 Å². The molecule has 0 atom stereocenters. The molecule has 0 heterocycles. The van der Waals surface area contributed by atoms with E-state index < -0.39 is 10.0 Å². The third-order valence-electron chi connectivity index (χ3n) is 3.98. The number of benzene rings is 1. The van der Waals surface area contributed by atoms with E-state index in [9.17, 15) is 8.42 Å². The molecule has 2 rings (SSSR count). The molecule has 0 aliphatic heterocycles. The van der Waals surface area contributed by atoms with Crippen LogP contribution in [0.1, 0.15) is 38.2 Å². The predicted octanol–water partition coefficient (Wildman–Crippen LogP) is 3.31. The zero-order valence-electron chi connectivity index (χ0n) is 11.9. The first kappa shape index (κ1) is 17.0. The van der Waals surface area contributed by atoms with Crippen molar-refractivity contribution in [1.82, 2.24) is 4.72 Å². The van der Waals surface area contributed by atoms with Gasteiger partial charge in [0.25, 0.3) is 0 Å². The minimum atomic E-state index is -3.65. The van der Waals surface area contributed by atoms with Crippen molar-refractivity contribution >= 4 is 33.2 Å². The van der Waals surface area contributed by atoms with Gasteiger partial charge in [-0.15, -0.1) is 0 Å². The van der Waals surface area contributed by atoms with Crippen LogP contribution < -0.4 is 10.5 Å². The van der Waals surface area contributed by atoms with Gasteiger partial charge in [-0.2, -0.15) is 0 Å². The van der Waals surface area contributed by atoms with Gasteiger partial charge in [0, 0.05) is 23.2 Å². The smallest absolute Gasteiger partial charge is 0.242 e. The number of halogens is 2. The molecule has 1 aliphatic carbocycles. The molecule has 1 aromatic carbocycles. The second-order valence-electron chi connectivity index (χ2n) is 5.62. The molecule has 0 amide bonds. The Bertz CT molecular complexity index is 612. The van der Waals surface area contributed by atoms with Crippen LogP contribution in [0.25, 0.3) is 0 Å². The zero-order chi connectivity index (χ0) is 15.6. The first-order chi connectivity index (χ1) is 9.85. The second kappa shape index (κ2) is 6.84. The Morgan fingerprint density at radius 1 is 1.24 bits per heavy atom. The largest absolute Gasteiger partial charge is 0.326 e. The third kappa shape index (κ3) is 3.90. The van der Waals surface area contributed by atoms with Crippen LogP contribution in [0, 0.1) is 5.92 Å². The van der Waals surface area contributed by atoms with Crippen LogP contribution in [-0.4, -0.2) is 14.5 Å². The van der Waals surface area contributed by atoms with Gasteiger partial charge < -0.3 is 5.73 Å². The van der Waals surface area contributed by atoms with E-state index in [1.54, 1.807) is 0 Å². The van der Waals surface area contributed by atoms with Crippen LogP contribution in [-0.2, 0) is 16.6 Å². The van der Waals surface area contributed by atoms with Crippen molar-refractivity contribution in [2.45, 2.75) is 50.1 Å². The maximum Gasteiger partial charge on any atom is 0.242 e. The summed E-state index contributed by atoms with van der Waals surface area (Å²) in [5.74, 6) is 0.661. The number of hydrogen-bond donors (Lipinski definition) is 2. The first-order valence-corrected chi connectivity index (χ1v) is 9.28. The van der Waals surface area contributed by atoms with E-state index in [2.05, 4.69) is 11.6 Å². The lowest BCUT2D eigenvalue weighted by Gasteiger charge is -2.27. The quantitative estimate of drug-likeness (QED) is 0.874. The number of nitrogens with one attached hydrogen (secondary N) is 1. The molecule has 7 heteroatoms. The average Bonchev–Trinajstić information content (AvgIpc) is 2.41. The molecule has 1 fully saturated rings. The number of sulfonamides is 1.